The van der Waals surface area contributed by atoms with Gasteiger partial charge in [-0.2, -0.15) is 0 Å². The summed E-state index contributed by atoms with van der Waals surface area (Å²) >= 11 is 0. The predicted molar refractivity (Wildman–Crippen MR) is 181 cm³/mol. The third-order valence-corrected chi connectivity index (χ3v) is 16.2. The Balaban J connectivity index is 1.11. The lowest BCUT2D eigenvalue weighted by molar-refractivity contribution is -0.162. The second kappa shape index (κ2) is 11.6. The highest BCUT2D eigenvalue weighted by atomic mass is 16.6. The molecule has 2 unspecified atom stereocenters. The topological polar surface area (TPSA) is 149 Å². The number of ether oxygens (including phenoxy) is 1. The number of hydrogen-bond acceptors (Lipinski definition) is 8. The van der Waals surface area contributed by atoms with Crippen molar-refractivity contribution in [2.24, 2.45) is 51.6 Å². The van der Waals surface area contributed by atoms with Crippen LogP contribution in [0.5, 0.6) is 0 Å². The second-order valence-electron chi connectivity index (χ2n) is 18.8. The van der Waals surface area contributed by atoms with E-state index in [4.69, 9.17) is 10.5 Å². The molecule has 8 nitrogen and oxygen atoms in total. The molecule has 2 heterocycles. The summed E-state index contributed by atoms with van der Waals surface area (Å²) in [5.74, 6) is 0.844. The standard InChI is InChI=1S/C39H64N2O6/c1-34(2,15-10-23-14-19-41-31(40)20-23)37(5,45)33-32(47-33)36(4,44)30-13-18-39(46)27-22-29(43)28-21-25(42)11-17-38(28,24-8-6-7-9-24)26(27)12-16-35(30,39)3/h22-26,28,30-33,41-42,44-46H,6-21,40H2,1-5H3/t23?,25-,26+,28+,30-,31?,32+,33-,35+,36+,37-,38-,39+/m0/s1. The smallest absolute Gasteiger partial charge is 0.159 e. The van der Waals surface area contributed by atoms with Gasteiger partial charge in [0.05, 0.1) is 29.1 Å². The summed E-state index contributed by atoms with van der Waals surface area (Å²) in [6, 6.07) is 0. The van der Waals surface area contributed by atoms with E-state index < -0.39 is 45.9 Å². The van der Waals surface area contributed by atoms with Gasteiger partial charge in [0.15, 0.2) is 5.78 Å². The number of carbonyl (C=O) groups is 1. The van der Waals surface area contributed by atoms with Crippen LogP contribution in [0.25, 0.3) is 0 Å². The maximum atomic E-state index is 14.0. The van der Waals surface area contributed by atoms with Gasteiger partial charge in [-0.15, -0.1) is 0 Å². The van der Waals surface area contributed by atoms with Gasteiger partial charge in [-0.3, -0.25) is 4.79 Å². The zero-order valence-corrected chi connectivity index (χ0v) is 29.8. The Morgan fingerprint density at radius 3 is 2.38 bits per heavy atom. The van der Waals surface area contributed by atoms with Crippen molar-refractivity contribution in [3.63, 3.8) is 0 Å². The molecule has 13 atom stereocenters. The van der Waals surface area contributed by atoms with E-state index in [2.05, 4.69) is 26.1 Å². The van der Waals surface area contributed by atoms with Crippen LogP contribution in [0.15, 0.2) is 11.6 Å². The Bertz CT molecular complexity index is 1260. The van der Waals surface area contributed by atoms with Crippen LogP contribution >= 0.6 is 0 Å². The van der Waals surface area contributed by atoms with Crippen LogP contribution in [0.3, 0.4) is 0 Å². The highest BCUT2D eigenvalue weighted by Crippen LogP contribution is 2.71. The molecule has 8 heteroatoms. The molecule has 7 aliphatic rings. The number of hydrogen-bond donors (Lipinski definition) is 6. The van der Waals surface area contributed by atoms with Gasteiger partial charge < -0.3 is 36.2 Å². The van der Waals surface area contributed by atoms with Crippen LogP contribution < -0.4 is 11.1 Å². The number of aliphatic hydroxyl groups is 4. The first-order chi connectivity index (χ1) is 22.0. The number of ketones is 1. The maximum absolute atomic E-state index is 14.0. The number of nitrogens with one attached hydrogen (secondary N) is 1. The molecular formula is C39H64N2O6. The van der Waals surface area contributed by atoms with Crippen molar-refractivity contribution in [3.05, 3.63) is 11.6 Å². The summed E-state index contributed by atoms with van der Waals surface area (Å²) in [6.07, 6.45) is 13.9. The molecular weight excluding hydrogens is 592 g/mol. The first-order valence-electron chi connectivity index (χ1n) is 19.2. The number of epoxide rings is 1. The van der Waals surface area contributed by atoms with Gasteiger partial charge in [-0.25, -0.2) is 0 Å². The van der Waals surface area contributed by atoms with E-state index in [1.807, 2.05) is 13.8 Å². The fourth-order valence-electron chi connectivity index (χ4n) is 12.9. The number of piperidine rings is 1. The minimum Gasteiger partial charge on any atom is -0.393 e. The minimum atomic E-state index is -1.25. The van der Waals surface area contributed by atoms with Crippen molar-refractivity contribution in [1.29, 1.82) is 0 Å². The van der Waals surface area contributed by atoms with Gasteiger partial charge in [0, 0.05) is 11.3 Å². The van der Waals surface area contributed by atoms with Crippen molar-refractivity contribution in [3.8, 4) is 0 Å². The molecule has 0 spiro atoms. The summed E-state index contributed by atoms with van der Waals surface area (Å²) < 4.78 is 6.30. The van der Waals surface area contributed by atoms with E-state index in [0.717, 1.165) is 76.3 Å². The first-order valence-corrected chi connectivity index (χ1v) is 19.2. The fraction of sp³-hybridized carbons (Fsp3) is 0.923. The largest absolute Gasteiger partial charge is 0.393 e. The molecule has 0 bridgehead atoms. The van der Waals surface area contributed by atoms with Gasteiger partial charge in [-0.1, -0.05) is 33.6 Å². The summed E-state index contributed by atoms with van der Waals surface area (Å²) in [7, 11) is 0. The van der Waals surface area contributed by atoms with E-state index >= 15 is 0 Å². The number of fused-ring (bicyclic) bond motifs is 5. The molecule has 0 aromatic rings. The Kier molecular flexibility index (Phi) is 8.52. The van der Waals surface area contributed by atoms with Crippen LogP contribution in [0.2, 0.25) is 0 Å². The molecule has 0 aromatic carbocycles. The Morgan fingerprint density at radius 1 is 0.957 bits per heavy atom. The van der Waals surface area contributed by atoms with Crippen LogP contribution in [0.1, 0.15) is 131 Å². The highest BCUT2D eigenvalue weighted by Gasteiger charge is 2.73. The summed E-state index contributed by atoms with van der Waals surface area (Å²) in [5, 5.41) is 51.4. The molecule has 0 radical (unpaired) electrons. The fourth-order valence-corrected chi connectivity index (χ4v) is 12.9. The third kappa shape index (κ3) is 5.11. The van der Waals surface area contributed by atoms with Gasteiger partial charge in [-0.05, 0) is 150 Å². The van der Waals surface area contributed by atoms with Gasteiger partial charge in [0.2, 0.25) is 0 Å². The second-order valence-corrected chi connectivity index (χ2v) is 18.8. The van der Waals surface area contributed by atoms with Crippen molar-refractivity contribution < 1.29 is 30.0 Å². The van der Waals surface area contributed by atoms with Crippen molar-refractivity contribution in [1.82, 2.24) is 5.32 Å². The third-order valence-electron chi connectivity index (χ3n) is 16.2. The molecule has 2 aliphatic heterocycles. The summed E-state index contributed by atoms with van der Waals surface area (Å²) in [6.45, 7) is 11.0. The molecule has 266 valence electrons. The minimum absolute atomic E-state index is 0.0397. The molecule has 7 N–H and O–H groups in total. The maximum Gasteiger partial charge on any atom is 0.159 e. The number of nitrogens with two attached hydrogens (primary N) is 1. The Hall–Kier alpha value is -0.870. The highest BCUT2D eigenvalue weighted by molar-refractivity contribution is 5.95. The molecule has 6 fully saturated rings. The average molecular weight is 657 g/mol. The van der Waals surface area contributed by atoms with E-state index in [9.17, 15) is 25.2 Å². The normalized spacial score (nSPS) is 48.1. The molecule has 0 amide bonds. The Morgan fingerprint density at radius 2 is 1.68 bits per heavy atom. The van der Waals surface area contributed by atoms with Crippen LogP contribution in [-0.2, 0) is 9.53 Å². The molecule has 5 aliphatic carbocycles. The van der Waals surface area contributed by atoms with Gasteiger partial charge >= 0.3 is 0 Å². The molecule has 4 saturated carbocycles. The lowest BCUT2D eigenvalue weighted by Gasteiger charge is -2.62. The number of allylic oxidation sites excluding steroid dienone is 1. The zero-order valence-electron chi connectivity index (χ0n) is 29.8. The zero-order chi connectivity index (χ0) is 33.8. The molecule has 2 saturated heterocycles. The van der Waals surface area contributed by atoms with Gasteiger partial charge in [0.25, 0.3) is 0 Å². The first kappa shape index (κ1) is 34.6. The van der Waals surface area contributed by atoms with Crippen molar-refractivity contribution >= 4 is 5.78 Å². The predicted octanol–water partition coefficient (Wildman–Crippen LogP) is 4.75. The monoisotopic (exact) mass is 656 g/mol. The Labute approximate surface area is 282 Å². The van der Waals surface area contributed by atoms with Crippen LogP contribution in [-0.4, -0.2) is 74.0 Å². The number of carbonyl (C=O) groups excluding carboxylic acids is 1. The van der Waals surface area contributed by atoms with Crippen LogP contribution in [0.4, 0.5) is 0 Å². The lowest BCUT2D eigenvalue weighted by atomic mass is 9.42. The summed E-state index contributed by atoms with van der Waals surface area (Å²) in [5.41, 5.74) is 2.29. The quantitative estimate of drug-likeness (QED) is 0.205. The average Bonchev–Trinajstić information content (AvgIpc) is 3.56. The van der Waals surface area contributed by atoms with E-state index in [1.54, 1.807) is 6.08 Å². The van der Waals surface area contributed by atoms with E-state index in [-0.39, 0.29) is 35.1 Å². The van der Waals surface area contributed by atoms with Gasteiger partial charge in [0.1, 0.15) is 12.2 Å². The van der Waals surface area contributed by atoms with Crippen molar-refractivity contribution in [2.45, 2.75) is 172 Å². The number of aliphatic hydroxyl groups excluding tert-OH is 1. The van der Waals surface area contributed by atoms with E-state index in [1.165, 1.54) is 12.8 Å². The van der Waals surface area contributed by atoms with Crippen molar-refractivity contribution in [2.75, 3.05) is 6.54 Å². The SMILES string of the molecule is CC(C)(CCC1CCNC(N)C1)[C@@](C)(O)[C@H]1O[C@H]1[C@](C)(O)[C@H]1CC[C@@]2(O)C3=CC(=O)[C@H]4C[C@@H](O)CC[C@]4(C4CCCC4)[C@@H]3CC[C@]12C. The van der Waals surface area contributed by atoms with Crippen LogP contribution in [0, 0.1) is 45.8 Å². The summed E-state index contributed by atoms with van der Waals surface area (Å²) in [4.78, 5) is 14.0. The molecule has 0 aromatic heterocycles. The lowest BCUT2D eigenvalue weighted by Crippen LogP contribution is -2.63. The molecule has 7 rings (SSSR count). The number of rotatable bonds is 8. The van der Waals surface area contributed by atoms with E-state index in [0.29, 0.717) is 31.1 Å². The molecule has 47 heavy (non-hydrogen) atoms.